The number of rotatable bonds is 8. The zero-order chi connectivity index (χ0) is 17.2. The summed E-state index contributed by atoms with van der Waals surface area (Å²) in [4.78, 5) is 18.0. The van der Waals surface area contributed by atoms with Crippen LogP contribution in [-0.2, 0) is 9.53 Å². The first kappa shape index (κ1) is 18.1. The number of guanidine groups is 1. The number of fused-ring (bicyclic) bond motifs is 1. The van der Waals surface area contributed by atoms with E-state index in [0.29, 0.717) is 26.3 Å². The number of carbonyl (C=O) groups excluding carboxylic acids is 1. The Labute approximate surface area is 143 Å². The van der Waals surface area contributed by atoms with E-state index in [4.69, 9.17) is 9.47 Å². The molecule has 2 rings (SSSR count). The molecule has 0 fully saturated rings. The Morgan fingerprint density at radius 3 is 2.92 bits per heavy atom. The highest BCUT2D eigenvalue weighted by molar-refractivity contribution is 5.97. The van der Waals surface area contributed by atoms with E-state index in [2.05, 4.69) is 15.6 Å². The third kappa shape index (κ3) is 5.13. The van der Waals surface area contributed by atoms with Crippen LogP contribution >= 0.6 is 0 Å². The van der Waals surface area contributed by atoms with Crippen molar-refractivity contribution >= 4 is 17.6 Å². The van der Waals surface area contributed by atoms with E-state index in [1.54, 1.807) is 11.9 Å². The molecule has 1 amide bonds. The van der Waals surface area contributed by atoms with Gasteiger partial charge in [0, 0.05) is 33.3 Å². The molecule has 24 heavy (non-hydrogen) atoms. The van der Waals surface area contributed by atoms with Gasteiger partial charge in [0.25, 0.3) is 5.91 Å². The lowest BCUT2D eigenvalue weighted by molar-refractivity contribution is -0.121. The number of hydrogen-bond acceptors (Lipinski definition) is 4. The van der Waals surface area contributed by atoms with Crippen molar-refractivity contribution < 1.29 is 14.3 Å². The van der Waals surface area contributed by atoms with Crippen LogP contribution < -0.4 is 20.3 Å². The molecule has 1 aliphatic heterocycles. The van der Waals surface area contributed by atoms with Gasteiger partial charge >= 0.3 is 0 Å². The predicted octanol–water partition coefficient (Wildman–Crippen LogP) is 1.00. The lowest BCUT2D eigenvalue weighted by Gasteiger charge is -2.29. The lowest BCUT2D eigenvalue weighted by atomic mass is 10.2. The van der Waals surface area contributed by atoms with Gasteiger partial charge in [0.2, 0.25) is 0 Å². The molecule has 7 nitrogen and oxygen atoms in total. The summed E-state index contributed by atoms with van der Waals surface area (Å²) in [7, 11) is 1.73. The molecular formula is C17H26N4O3. The van der Waals surface area contributed by atoms with Gasteiger partial charge in [-0.15, -0.1) is 0 Å². The molecule has 132 valence electrons. The van der Waals surface area contributed by atoms with E-state index in [0.717, 1.165) is 30.4 Å². The van der Waals surface area contributed by atoms with Crippen LogP contribution in [0.5, 0.6) is 5.75 Å². The third-order valence-electron chi connectivity index (χ3n) is 3.63. The maximum atomic E-state index is 12.1. The maximum absolute atomic E-state index is 12.1. The Morgan fingerprint density at radius 1 is 1.33 bits per heavy atom. The monoisotopic (exact) mass is 334 g/mol. The number of para-hydroxylation sites is 2. The van der Waals surface area contributed by atoms with Gasteiger partial charge in [0.05, 0.1) is 12.3 Å². The van der Waals surface area contributed by atoms with Crippen LogP contribution in [0.15, 0.2) is 29.3 Å². The molecule has 0 bridgehead atoms. The van der Waals surface area contributed by atoms with Crippen molar-refractivity contribution in [2.24, 2.45) is 4.99 Å². The van der Waals surface area contributed by atoms with E-state index < -0.39 is 0 Å². The molecule has 0 radical (unpaired) electrons. The fraction of sp³-hybridized carbons (Fsp3) is 0.529. The van der Waals surface area contributed by atoms with Crippen molar-refractivity contribution in [2.75, 3.05) is 51.4 Å². The Hall–Kier alpha value is -2.28. The Balaban J connectivity index is 1.74. The second-order valence-electron chi connectivity index (χ2n) is 5.28. The largest absolute Gasteiger partial charge is 0.482 e. The van der Waals surface area contributed by atoms with Gasteiger partial charge in [0.15, 0.2) is 12.6 Å². The Morgan fingerprint density at radius 2 is 2.12 bits per heavy atom. The normalized spacial score (nSPS) is 14.2. The average Bonchev–Trinajstić information content (AvgIpc) is 2.61. The molecule has 0 aliphatic carbocycles. The molecule has 1 aromatic carbocycles. The number of aliphatic imine (C=N–C) groups is 1. The minimum absolute atomic E-state index is 0.00655. The van der Waals surface area contributed by atoms with E-state index in [9.17, 15) is 4.79 Å². The van der Waals surface area contributed by atoms with E-state index in [-0.39, 0.29) is 12.5 Å². The number of ether oxygens (including phenoxy) is 2. The SMILES string of the molecule is CCOCCNC(=NC)NCCCN1C(=O)COc2ccccc21. The van der Waals surface area contributed by atoms with Gasteiger partial charge < -0.3 is 25.0 Å². The molecule has 1 heterocycles. The zero-order valence-electron chi connectivity index (χ0n) is 14.4. The molecule has 0 aromatic heterocycles. The summed E-state index contributed by atoms with van der Waals surface area (Å²) < 4.78 is 10.7. The Kier molecular flexibility index (Phi) is 7.35. The summed E-state index contributed by atoms with van der Waals surface area (Å²) in [6.45, 7) is 5.51. The molecular weight excluding hydrogens is 308 g/mol. The lowest BCUT2D eigenvalue weighted by Crippen LogP contribution is -2.42. The minimum atomic E-state index is -0.00655. The fourth-order valence-electron chi connectivity index (χ4n) is 2.45. The summed E-state index contributed by atoms with van der Waals surface area (Å²) in [6, 6.07) is 7.62. The van der Waals surface area contributed by atoms with Crippen molar-refractivity contribution in [3.8, 4) is 5.75 Å². The number of hydrogen-bond donors (Lipinski definition) is 2. The molecule has 2 N–H and O–H groups in total. The summed E-state index contributed by atoms with van der Waals surface area (Å²) in [5, 5.41) is 6.42. The van der Waals surface area contributed by atoms with Crippen LogP contribution in [0.3, 0.4) is 0 Å². The first-order valence-electron chi connectivity index (χ1n) is 8.30. The van der Waals surface area contributed by atoms with Crippen molar-refractivity contribution in [1.82, 2.24) is 10.6 Å². The topological polar surface area (TPSA) is 75.2 Å². The van der Waals surface area contributed by atoms with Crippen LogP contribution in [-0.4, -0.2) is 58.4 Å². The van der Waals surface area contributed by atoms with Crippen LogP contribution in [0.25, 0.3) is 0 Å². The fourth-order valence-corrected chi connectivity index (χ4v) is 2.45. The van der Waals surface area contributed by atoms with Crippen LogP contribution in [0.2, 0.25) is 0 Å². The summed E-state index contributed by atoms with van der Waals surface area (Å²) >= 11 is 0. The van der Waals surface area contributed by atoms with E-state index in [1.165, 1.54) is 0 Å². The van der Waals surface area contributed by atoms with Gasteiger partial charge in [-0.2, -0.15) is 0 Å². The number of amides is 1. The number of nitrogens with zero attached hydrogens (tertiary/aromatic N) is 2. The van der Waals surface area contributed by atoms with Crippen molar-refractivity contribution in [3.05, 3.63) is 24.3 Å². The molecule has 0 spiro atoms. The number of nitrogens with one attached hydrogen (secondary N) is 2. The molecule has 0 saturated heterocycles. The van der Waals surface area contributed by atoms with Crippen molar-refractivity contribution in [2.45, 2.75) is 13.3 Å². The van der Waals surface area contributed by atoms with Crippen molar-refractivity contribution in [1.29, 1.82) is 0 Å². The molecule has 0 unspecified atom stereocenters. The predicted molar refractivity (Wildman–Crippen MR) is 94.8 cm³/mol. The van der Waals surface area contributed by atoms with Gasteiger partial charge in [-0.05, 0) is 25.5 Å². The smallest absolute Gasteiger partial charge is 0.265 e. The van der Waals surface area contributed by atoms with Gasteiger partial charge in [-0.3, -0.25) is 9.79 Å². The maximum Gasteiger partial charge on any atom is 0.265 e. The number of benzene rings is 1. The zero-order valence-corrected chi connectivity index (χ0v) is 14.4. The second-order valence-corrected chi connectivity index (χ2v) is 5.28. The highest BCUT2D eigenvalue weighted by Crippen LogP contribution is 2.31. The molecule has 7 heteroatoms. The second kappa shape index (κ2) is 9.77. The molecule has 1 aliphatic rings. The highest BCUT2D eigenvalue weighted by atomic mass is 16.5. The Bertz CT molecular complexity index is 563. The summed E-state index contributed by atoms with van der Waals surface area (Å²) in [5.41, 5.74) is 0.841. The first-order valence-corrected chi connectivity index (χ1v) is 8.30. The summed E-state index contributed by atoms with van der Waals surface area (Å²) in [5.74, 6) is 1.50. The van der Waals surface area contributed by atoms with E-state index in [1.807, 2.05) is 31.2 Å². The van der Waals surface area contributed by atoms with Gasteiger partial charge in [-0.25, -0.2) is 0 Å². The third-order valence-corrected chi connectivity index (χ3v) is 3.63. The highest BCUT2D eigenvalue weighted by Gasteiger charge is 2.24. The van der Waals surface area contributed by atoms with Crippen molar-refractivity contribution in [3.63, 3.8) is 0 Å². The standard InChI is InChI=1S/C17H26N4O3/c1-3-23-12-10-20-17(18-2)19-9-6-11-21-14-7-4-5-8-15(14)24-13-16(21)22/h4-5,7-8H,3,6,9-13H2,1-2H3,(H2,18,19,20). The van der Waals surface area contributed by atoms with E-state index >= 15 is 0 Å². The quantitative estimate of drug-likeness (QED) is 0.421. The van der Waals surface area contributed by atoms with Gasteiger partial charge in [-0.1, -0.05) is 12.1 Å². The molecule has 1 aromatic rings. The average molecular weight is 334 g/mol. The van der Waals surface area contributed by atoms with Crippen LogP contribution in [0, 0.1) is 0 Å². The van der Waals surface area contributed by atoms with Crippen LogP contribution in [0.1, 0.15) is 13.3 Å². The summed E-state index contributed by atoms with van der Waals surface area (Å²) in [6.07, 6.45) is 0.812. The molecule has 0 atom stereocenters. The number of anilines is 1. The minimum Gasteiger partial charge on any atom is -0.482 e. The first-order chi connectivity index (χ1) is 11.8. The molecule has 0 saturated carbocycles. The van der Waals surface area contributed by atoms with Crippen LogP contribution in [0.4, 0.5) is 5.69 Å². The number of carbonyl (C=O) groups is 1. The van der Waals surface area contributed by atoms with Gasteiger partial charge in [0.1, 0.15) is 5.75 Å².